The highest BCUT2D eigenvalue weighted by molar-refractivity contribution is 5.89. The van der Waals surface area contributed by atoms with Gasteiger partial charge in [0.15, 0.2) is 11.6 Å². The smallest absolute Gasteiger partial charge is 0.176 e. The van der Waals surface area contributed by atoms with E-state index < -0.39 is 5.79 Å². The molecule has 4 aliphatic rings. The summed E-state index contributed by atoms with van der Waals surface area (Å²) in [4.78, 5) is 11.7. The van der Waals surface area contributed by atoms with Gasteiger partial charge in [0.05, 0.1) is 18.6 Å². The van der Waals surface area contributed by atoms with Crippen molar-refractivity contribution in [2.24, 2.45) is 5.41 Å². The van der Waals surface area contributed by atoms with Crippen LogP contribution in [0.1, 0.15) is 32.6 Å². The third-order valence-electron chi connectivity index (χ3n) is 5.21. The Hall–Kier alpha value is -0.450. The molecule has 0 unspecified atom stereocenters. The second-order valence-electron chi connectivity index (χ2n) is 5.64. The molecule has 2 spiro atoms. The van der Waals surface area contributed by atoms with Gasteiger partial charge in [-0.05, 0) is 12.8 Å². The molecule has 16 heavy (non-hydrogen) atoms. The van der Waals surface area contributed by atoms with Gasteiger partial charge in [0.1, 0.15) is 11.7 Å². The van der Waals surface area contributed by atoms with Crippen molar-refractivity contribution in [1.82, 2.24) is 0 Å². The van der Waals surface area contributed by atoms with Gasteiger partial charge in [-0.1, -0.05) is 6.92 Å². The van der Waals surface area contributed by atoms with Crippen molar-refractivity contribution in [1.29, 1.82) is 0 Å². The highest BCUT2D eigenvalue weighted by Crippen LogP contribution is 2.70. The van der Waals surface area contributed by atoms with Crippen LogP contribution < -0.4 is 0 Å². The molecule has 0 N–H and O–H groups in total. The van der Waals surface area contributed by atoms with Crippen molar-refractivity contribution in [3.8, 4) is 0 Å². The van der Waals surface area contributed by atoms with E-state index >= 15 is 0 Å². The van der Waals surface area contributed by atoms with Crippen LogP contribution in [0.4, 0.5) is 0 Å². The molecule has 2 aliphatic heterocycles. The third kappa shape index (κ3) is 0.773. The first-order chi connectivity index (χ1) is 7.64. The van der Waals surface area contributed by atoms with Gasteiger partial charge in [-0.15, -0.1) is 0 Å². The summed E-state index contributed by atoms with van der Waals surface area (Å²) in [5.41, 5.74) is -0.387. The maximum atomic E-state index is 11.7. The summed E-state index contributed by atoms with van der Waals surface area (Å²) in [5, 5.41) is 0. The van der Waals surface area contributed by atoms with E-state index in [4.69, 9.17) is 14.2 Å². The number of ether oxygens (including phenoxy) is 3. The molecule has 0 radical (unpaired) electrons. The first-order valence-electron chi connectivity index (χ1n) is 6.12. The number of epoxide rings is 1. The van der Waals surface area contributed by atoms with Gasteiger partial charge >= 0.3 is 0 Å². The van der Waals surface area contributed by atoms with Crippen molar-refractivity contribution in [3.05, 3.63) is 0 Å². The molecule has 88 valence electrons. The van der Waals surface area contributed by atoms with Crippen LogP contribution in [-0.2, 0) is 19.0 Å². The molecule has 4 heteroatoms. The van der Waals surface area contributed by atoms with Crippen molar-refractivity contribution in [2.75, 3.05) is 13.2 Å². The second kappa shape index (κ2) is 2.52. The fraction of sp³-hybridized carbons (Fsp3) is 0.917. The minimum Gasteiger partial charge on any atom is -0.357 e. The summed E-state index contributed by atoms with van der Waals surface area (Å²) >= 11 is 0. The minimum absolute atomic E-state index is 0.130. The van der Waals surface area contributed by atoms with Crippen molar-refractivity contribution >= 4 is 5.78 Å². The first-order valence-corrected chi connectivity index (χ1v) is 6.12. The molecule has 0 aromatic heterocycles. The Morgan fingerprint density at radius 2 is 1.94 bits per heavy atom. The van der Waals surface area contributed by atoms with E-state index in [-0.39, 0.29) is 22.9 Å². The number of Topliss-reactive ketones (excluding diaryl/α,β-unsaturated/α-hetero) is 1. The Labute approximate surface area is 94.2 Å². The lowest BCUT2D eigenvalue weighted by molar-refractivity contribution is -0.229. The number of hydrogen-bond acceptors (Lipinski definition) is 4. The van der Waals surface area contributed by atoms with E-state index in [1.165, 1.54) is 0 Å². The van der Waals surface area contributed by atoms with Crippen LogP contribution in [0.3, 0.4) is 0 Å². The van der Waals surface area contributed by atoms with Gasteiger partial charge in [0.2, 0.25) is 0 Å². The molecule has 0 amide bonds. The molecule has 0 aromatic rings. The highest BCUT2D eigenvalue weighted by atomic mass is 16.7. The number of carbonyl (C=O) groups is 1. The number of carbonyl (C=O) groups excluding carboxylic acids is 1. The molecule has 4 rings (SSSR count). The number of ketones is 1. The topological polar surface area (TPSA) is 48.1 Å². The van der Waals surface area contributed by atoms with Crippen LogP contribution in [0.2, 0.25) is 0 Å². The average molecular weight is 224 g/mol. The predicted molar refractivity (Wildman–Crippen MR) is 53.8 cm³/mol. The van der Waals surface area contributed by atoms with E-state index in [9.17, 15) is 4.79 Å². The summed E-state index contributed by atoms with van der Waals surface area (Å²) in [5.74, 6) is -0.199. The SMILES string of the molecule is C[C@]12CCC(=O)[C@@H]3O[C@@]31CCC21OCCO1. The maximum absolute atomic E-state index is 11.7. The second-order valence-corrected chi connectivity index (χ2v) is 5.64. The quantitative estimate of drug-likeness (QED) is 0.577. The zero-order chi connectivity index (χ0) is 11.0. The minimum atomic E-state index is -0.470. The Balaban J connectivity index is 1.79. The van der Waals surface area contributed by atoms with E-state index in [2.05, 4.69) is 6.92 Å². The monoisotopic (exact) mass is 224 g/mol. The Bertz CT molecular complexity index is 373. The summed E-state index contributed by atoms with van der Waals surface area (Å²) < 4.78 is 17.6. The van der Waals surface area contributed by atoms with Crippen molar-refractivity contribution in [2.45, 2.75) is 50.1 Å². The van der Waals surface area contributed by atoms with Gasteiger partial charge < -0.3 is 14.2 Å². The van der Waals surface area contributed by atoms with Gasteiger partial charge in [-0.25, -0.2) is 0 Å². The fourth-order valence-corrected chi connectivity index (χ4v) is 4.16. The van der Waals surface area contributed by atoms with E-state index in [1.807, 2.05) is 0 Å². The van der Waals surface area contributed by atoms with Gasteiger partial charge in [0.25, 0.3) is 0 Å². The molecule has 3 atom stereocenters. The zero-order valence-corrected chi connectivity index (χ0v) is 9.45. The van der Waals surface area contributed by atoms with Crippen molar-refractivity contribution < 1.29 is 19.0 Å². The summed E-state index contributed by atoms with van der Waals surface area (Å²) in [6.07, 6.45) is 3.05. The Morgan fingerprint density at radius 1 is 1.19 bits per heavy atom. The average Bonchev–Trinajstić information content (AvgIpc) is 2.76. The first kappa shape index (κ1) is 9.57. The lowest BCUT2D eigenvalue weighted by Crippen LogP contribution is -2.53. The lowest BCUT2D eigenvalue weighted by Gasteiger charge is -2.42. The Kier molecular flexibility index (Phi) is 1.51. The normalized spacial score (nSPS) is 52.8. The molecule has 2 aliphatic carbocycles. The van der Waals surface area contributed by atoms with Crippen LogP contribution >= 0.6 is 0 Å². The van der Waals surface area contributed by atoms with Crippen LogP contribution in [-0.4, -0.2) is 36.5 Å². The highest BCUT2D eigenvalue weighted by Gasteiger charge is 2.81. The molecule has 4 fully saturated rings. The summed E-state index contributed by atoms with van der Waals surface area (Å²) in [6, 6.07) is 0. The third-order valence-corrected chi connectivity index (χ3v) is 5.21. The fourth-order valence-electron chi connectivity index (χ4n) is 4.16. The van der Waals surface area contributed by atoms with Crippen LogP contribution in [0.25, 0.3) is 0 Å². The van der Waals surface area contributed by atoms with Gasteiger partial charge in [-0.2, -0.15) is 0 Å². The van der Waals surface area contributed by atoms with Gasteiger partial charge in [0, 0.05) is 12.8 Å². The molecular formula is C12H16O4. The number of fused-ring (bicyclic) bond motifs is 1. The van der Waals surface area contributed by atoms with Crippen LogP contribution in [0.5, 0.6) is 0 Å². The molecule has 2 saturated heterocycles. The zero-order valence-electron chi connectivity index (χ0n) is 9.45. The molecule has 0 bridgehead atoms. The maximum Gasteiger partial charge on any atom is 0.176 e. The van der Waals surface area contributed by atoms with Crippen LogP contribution in [0.15, 0.2) is 0 Å². The van der Waals surface area contributed by atoms with E-state index in [0.717, 1.165) is 19.3 Å². The molecule has 4 nitrogen and oxygen atoms in total. The largest absolute Gasteiger partial charge is 0.357 e. The molecule has 0 aromatic carbocycles. The number of rotatable bonds is 0. The van der Waals surface area contributed by atoms with E-state index in [1.54, 1.807) is 0 Å². The molecule has 2 saturated carbocycles. The van der Waals surface area contributed by atoms with E-state index in [0.29, 0.717) is 19.6 Å². The van der Waals surface area contributed by atoms with Crippen LogP contribution in [0, 0.1) is 5.41 Å². The predicted octanol–water partition coefficient (Wildman–Crippen LogP) is 1.03. The summed E-state index contributed by atoms with van der Waals surface area (Å²) in [7, 11) is 0. The van der Waals surface area contributed by atoms with Gasteiger partial charge in [-0.3, -0.25) is 4.79 Å². The standard InChI is InChI=1S/C12H16O4/c1-10-3-2-8(13)9-11(10,16-9)4-5-12(10)14-6-7-15-12/h9H,2-7H2,1H3/t9-,10-,11-/m0/s1. The molecule has 2 heterocycles. The van der Waals surface area contributed by atoms with Crippen molar-refractivity contribution in [3.63, 3.8) is 0 Å². The molecular weight excluding hydrogens is 208 g/mol. The lowest BCUT2D eigenvalue weighted by atomic mass is 9.66. The Morgan fingerprint density at radius 3 is 2.69 bits per heavy atom. The number of hydrogen-bond donors (Lipinski definition) is 0. The summed E-state index contributed by atoms with van der Waals surface area (Å²) in [6.45, 7) is 3.52.